The second kappa shape index (κ2) is 7.40. The molecule has 8 nitrogen and oxygen atoms in total. The molecule has 0 unspecified atom stereocenters. The molecule has 4 aromatic rings. The predicted octanol–water partition coefficient (Wildman–Crippen LogP) is 2.47. The van der Waals surface area contributed by atoms with Crippen LogP contribution in [-0.4, -0.2) is 34.5 Å². The van der Waals surface area contributed by atoms with Crippen LogP contribution >= 0.6 is 0 Å². The maximum Gasteiger partial charge on any atom is 0.329 e. The first-order chi connectivity index (χ1) is 14.4. The van der Waals surface area contributed by atoms with Gasteiger partial charge in [0.05, 0.1) is 25.3 Å². The summed E-state index contributed by atoms with van der Waals surface area (Å²) >= 11 is 0. The summed E-state index contributed by atoms with van der Waals surface area (Å²) < 4.78 is 11.3. The van der Waals surface area contributed by atoms with Crippen molar-refractivity contribution in [3.8, 4) is 22.6 Å². The molecule has 30 heavy (non-hydrogen) atoms. The molecule has 0 saturated heterocycles. The lowest BCUT2D eigenvalue weighted by Crippen LogP contribution is -2.32. The van der Waals surface area contributed by atoms with Gasteiger partial charge >= 0.3 is 5.69 Å². The summed E-state index contributed by atoms with van der Waals surface area (Å²) in [6, 6.07) is 13.7. The fourth-order valence-corrected chi connectivity index (χ4v) is 3.36. The van der Waals surface area contributed by atoms with Gasteiger partial charge in [-0.3, -0.25) is 19.1 Å². The molecule has 0 aliphatic heterocycles. The van der Waals surface area contributed by atoms with Gasteiger partial charge in [-0.25, -0.2) is 4.79 Å². The summed E-state index contributed by atoms with van der Waals surface area (Å²) in [6.07, 6.45) is 0. The molecule has 0 saturated carbocycles. The van der Waals surface area contributed by atoms with E-state index in [-0.39, 0.29) is 22.5 Å². The number of benzene rings is 2. The molecule has 0 radical (unpaired) electrons. The Balaban J connectivity index is 2.00. The van der Waals surface area contributed by atoms with Crippen molar-refractivity contribution in [1.82, 2.24) is 14.5 Å². The van der Waals surface area contributed by atoms with Crippen LogP contribution in [0.2, 0.25) is 0 Å². The second-order valence-electron chi connectivity index (χ2n) is 6.71. The highest BCUT2D eigenvalue weighted by Crippen LogP contribution is 2.32. The van der Waals surface area contributed by atoms with Gasteiger partial charge in [0.2, 0.25) is 5.78 Å². The normalized spacial score (nSPS) is 10.9. The molecular weight excluding hydrogens is 386 g/mol. The van der Waals surface area contributed by atoms with Gasteiger partial charge in [-0.1, -0.05) is 12.1 Å². The number of aromatic nitrogens is 3. The van der Waals surface area contributed by atoms with Crippen molar-refractivity contribution >= 4 is 16.8 Å². The molecule has 8 heteroatoms. The van der Waals surface area contributed by atoms with Crippen LogP contribution < -0.4 is 20.7 Å². The van der Waals surface area contributed by atoms with Gasteiger partial charge < -0.3 is 14.5 Å². The quantitative estimate of drug-likeness (QED) is 0.496. The molecule has 2 N–H and O–H groups in total. The van der Waals surface area contributed by atoms with Crippen molar-refractivity contribution in [3.63, 3.8) is 0 Å². The molecule has 4 rings (SSSR count). The number of hydrogen-bond acceptors (Lipinski definition) is 5. The number of aromatic amines is 2. The second-order valence-corrected chi connectivity index (χ2v) is 6.71. The number of nitrogens with one attached hydrogen (secondary N) is 2. The van der Waals surface area contributed by atoms with Gasteiger partial charge in [-0.05, 0) is 42.0 Å². The van der Waals surface area contributed by atoms with Crippen molar-refractivity contribution in [2.24, 2.45) is 7.05 Å². The van der Waals surface area contributed by atoms with Gasteiger partial charge in [0.15, 0.2) is 0 Å². The van der Waals surface area contributed by atoms with E-state index in [1.54, 1.807) is 62.8 Å². The summed E-state index contributed by atoms with van der Waals surface area (Å²) in [5.41, 5.74) is 0.817. The number of rotatable bonds is 5. The number of fused-ring (bicyclic) bond motifs is 1. The Morgan fingerprint density at radius 3 is 2.00 bits per heavy atom. The van der Waals surface area contributed by atoms with Crippen molar-refractivity contribution in [3.05, 3.63) is 80.6 Å². The predicted molar refractivity (Wildman–Crippen MR) is 113 cm³/mol. The lowest BCUT2D eigenvalue weighted by molar-refractivity contribution is 0.103. The van der Waals surface area contributed by atoms with Crippen LogP contribution in [-0.2, 0) is 7.05 Å². The number of ether oxygens (including phenoxy) is 2. The molecule has 152 valence electrons. The molecule has 0 amide bonds. The zero-order chi connectivity index (χ0) is 21.4. The summed E-state index contributed by atoms with van der Waals surface area (Å²) in [6.45, 7) is 0. The van der Waals surface area contributed by atoms with E-state index in [0.29, 0.717) is 28.2 Å². The van der Waals surface area contributed by atoms with Crippen molar-refractivity contribution in [1.29, 1.82) is 0 Å². The van der Waals surface area contributed by atoms with E-state index >= 15 is 0 Å². The molecule has 0 atom stereocenters. The van der Waals surface area contributed by atoms with Crippen molar-refractivity contribution in [2.45, 2.75) is 0 Å². The van der Waals surface area contributed by atoms with E-state index < -0.39 is 11.2 Å². The summed E-state index contributed by atoms with van der Waals surface area (Å²) in [7, 11) is 4.48. The van der Waals surface area contributed by atoms with Crippen LogP contribution in [0.1, 0.15) is 16.1 Å². The van der Waals surface area contributed by atoms with Crippen LogP contribution in [0.4, 0.5) is 0 Å². The van der Waals surface area contributed by atoms with Gasteiger partial charge in [-0.15, -0.1) is 0 Å². The first kappa shape index (κ1) is 19.3. The SMILES string of the molecule is COc1ccc(C(=O)c2[nH]c3[nH]c(=O)n(C)c(=O)c3c2-c2ccc(OC)cc2)cc1. The molecule has 0 aliphatic rings. The Hall–Kier alpha value is -4.07. The monoisotopic (exact) mass is 405 g/mol. The van der Waals surface area contributed by atoms with Crippen LogP contribution in [0.5, 0.6) is 11.5 Å². The lowest BCUT2D eigenvalue weighted by atomic mass is 9.98. The third-order valence-electron chi connectivity index (χ3n) is 5.01. The van der Waals surface area contributed by atoms with E-state index in [0.717, 1.165) is 4.57 Å². The summed E-state index contributed by atoms with van der Waals surface area (Å²) in [5, 5.41) is 0.235. The highest BCUT2D eigenvalue weighted by Gasteiger charge is 2.24. The number of H-pyrrole nitrogens is 2. The van der Waals surface area contributed by atoms with E-state index in [2.05, 4.69) is 9.97 Å². The standard InChI is InChI=1S/C22H19N3O5/c1-25-21(27)17-16(12-4-8-14(29-2)9-5-12)18(23-20(17)24-22(25)28)19(26)13-6-10-15(30-3)11-7-13/h4-11,23H,1-3H3,(H,24,28). The number of carbonyl (C=O) groups excluding carboxylic acids is 1. The molecular formula is C22H19N3O5. The molecule has 0 spiro atoms. The zero-order valence-corrected chi connectivity index (χ0v) is 16.6. The van der Waals surface area contributed by atoms with Crippen LogP contribution in [0.25, 0.3) is 22.2 Å². The maximum absolute atomic E-state index is 13.3. The highest BCUT2D eigenvalue weighted by molar-refractivity contribution is 6.16. The van der Waals surface area contributed by atoms with Gasteiger partial charge in [0.1, 0.15) is 17.1 Å². The lowest BCUT2D eigenvalue weighted by Gasteiger charge is -2.07. The van der Waals surface area contributed by atoms with E-state index in [9.17, 15) is 14.4 Å². The first-order valence-corrected chi connectivity index (χ1v) is 9.12. The Kier molecular flexibility index (Phi) is 4.75. The molecule has 2 aromatic heterocycles. The Morgan fingerprint density at radius 2 is 1.43 bits per heavy atom. The van der Waals surface area contributed by atoms with Gasteiger partial charge in [0, 0.05) is 18.2 Å². The van der Waals surface area contributed by atoms with Crippen LogP contribution in [0, 0.1) is 0 Å². The number of nitrogens with zero attached hydrogens (tertiary/aromatic N) is 1. The molecule has 0 fully saturated rings. The van der Waals surface area contributed by atoms with Crippen LogP contribution in [0.3, 0.4) is 0 Å². The average Bonchev–Trinajstić information content (AvgIpc) is 3.16. The van der Waals surface area contributed by atoms with Crippen LogP contribution in [0.15, 0.2) is 58.1 Å². The summed E-state index contributed by atoms with van der Waals surface area (Å²) in [4.78, 5) is 43.9. The Labute approximate surface area is 170 Å². The maximum atomic E-state index is 13.3. The van der Waals surface area contributed by atoms with Gasteiger partial charge in [0.25, 0.3) is 5.56 Å². The first-order valence-electron chi connectivity index (χ1n) is 9.12. The fourth-order valence-electron chi connectivity index (χ4n) is 3.36. The Morgan fingerprint density at radius 1 is 0.867 bits per heavy atom. The van der Waals surface area contributed by atoms with E-state index in [1.807, 2.05) is 0 Å². The number of hydrogen-bond donors (Lipinski definition) is 2. The van der Waals surface area contributed by atoms with Crippen molar-refractivity contribution < 1.29 is 14.3 Å². The minimum atomic E-state index is -0.571. The third kappa shape index (κ3) is 3.08. The van der Waals surface area contributed by atoms with E-state index in [1.165, 1.54) is 7.05 Å². The molecule has 2 aromatic carbocycles. The summed E-state index contributed by atoms with van der Waals surface area (Å²) in [5.74, 6) is 0.947. The highest BCUT2D eigenvalue weighted by atomic mass is 16.5. The number of carbonyl (C=O) groups is 1. The van der Waals surface area contributed by atoms with Gasteiger partial charge in [-0.2, -0.15) is 0 Å². The average molecular weight is 405 g/mol. The number of ketones is 1. The Bertz CT molecular complexity index is 1360. The van der Waals surface area contributed by atoms with E-state index in [4.69, 9.17) is 9.47 Å². The molecule has 2 heterocycles. The topological polar surface area (TPSA) is 106 Å². The molecule has 0 aliphatic carbocycles. The minimum Gasteiger partial charge on any atom is -0.497 e. The molecule has 0 bridgehead atoms. The third-order valence-corrected chi connectivity index (χ3v) is 5.01. The largest absolute Gasteiger partial charge is 0.497 e. The zero-order valence-electron chi connectivity index (χ0n) is 16.6. The number of methoxy groups -OCH3 is 2. The van der Waals surface area contributed by atoms with Crippen molar-refractivity contribution in [2.75, 3.05) is 14.2 Å². The smallest absolute Gasteiger partial charge is 0.329 e. The fraction of sp³-hybridized carbons (Fsp3) is 0.136. The minimum absolute atomic E-state index is 0.200.